The van der Waals surface area contributed by atoms with Gasteiger partial charge in [0.25, 0.3) is 0 Å². The standard InChI is InChI=1S/C20H18FNO4/c21-22-11-5-10-20(22,18(23)24)19(25)26-12-17-15-8-3-1-6-13(15)14-7-2-4-9-16(14)17/h1-4,6-9,17H,5,10-12H2,(H,23,24)/t20-/m0/s1. The summed E-state index contributed by atoms with van der Waals surface area (Å²) in [5.41, 5.74) is 1.97. The summed E-state index contributed by atoms with van der Waals surface area (Å²) in [5.74, 6) is -2.73. The minimum Gasteiger partial charge on any atom is -0.479 e. The molecule has 2 aromatic carbocycles. The maximum absolute atomic E-state index is 14.1. The Hall–Kier alpha value is -2.73. The van der Waals surface area contributed by atoms with Gasteiger partial charge in [0.1, 0.15) is 6.61 Å². The number of carboxylic acids is 1. The van der Waals surface area contributed by atoms with Crippen molar-refractivity contribution >= 4 is 11.9 Å². The number of fused-ring (bicyclic) bond motifs is 3. The highest BCUT2D eigenvalue weighted by molar-refractivity contribution is 6.04. The van der Waals surface area contributed by atoms with Gasteiger partial charge in [-0.1, -0.05) is 48.5 Å². The van der Waals surface area contributed by atoms with Crippen LogP contribution in [0, 0.1) is 0 Å². The zero-order valence-electron chi connectivity index (χ0n) is 14.0. The lowest BCUT2D eigenvalue weighted by Gasteiger charge is -2.26. The molecule has 1 atom stereocenters. The number of hydrogen-bond donors (Lipinski definition) is 1. The van der Waals surface area contributed by atoms with E-state index in [-0.39, 0.29) is 30.6 Å². The molecule has 1 N–H and O–H groups in total. The number of halogens is 1. The Morgan fingerprint density at radius 3 is 2.19 bits per heavy atom. The Balaban J connectivity index is 1.60. The second-order valence-electron chi connectivity index (χ2n) is 6.68. The van der Waals surface area contributed by atoms with Gasteiger partial charge in [0.05, 0.1) is 0 Å². The summed E-state index contributed by atoms with van der Waals surface area (Å²) in [7, 11) is 0. The highest BCUT2D eigenvalue weighted by Gasteiger charge is 2.57. The van der Waals surface area contributed by atoms with E-state index in [0.29, 0.717) is 6.42 Å². The van der Waals surface area contributed by atoms with Crippen LogP contribution in [0.2, 0.25) is 0 Å². The van der Waals surface area contributed by atoms with Crippen LogP contribution in [-0.2, 0) is 14.3 Å². The van der Waals surface area contributed by atoms with Crippen molar-refractivity contribution in [1.29, 1.82) is 0 Å². The zero-order chi connectivity index (χ0) is 18.3. The van der Waals surface area contributed by atoms with Crippen molar-refractivity contribution in [1.82, 2.24) is 5.12 Å². The highest BCUT2D eigenvalue weighted by atomic mass is 19.2. The molecule has 0 bridgehead atoms. The molecule has 5 nitrogen and oxygen atoms in total. The van der Waals surface area contributed by atoms with Gasteiger partial charge in [-0.25, -0.2) is 9.59 Å². The summed E-state index contributed by atoms with van der Waals surface area (Å²) in [4.78, 5) is 24.1. The van der Waals surface area contributed by atoms with Crippen molar-refractivity contribution in [2.24, 2.45) is 0 Å². The van der Waals surface area contributed by atoms with Crippen LogP contribution < -0.4 is 0 Å². The van der Waals surface area contributed by atoms with Gasteiger partial charge >= 0.3 is 11.9 Å². The summed E-state index contributed by atoms with van der Waals surface area (Å²) < 4.78 is 19.4. The van der Waals surface area contributed by atoms with Crippen LogP contribution in [0.5, 0.6) is 0 Å². The van der Waals surface area contributed by atoms with Gasteiger partial charge in [-0.2, -0.15) is 0 Å². The second kappa shape index (κ2) is 6.21. The summed E-state index contributed by atoms with van der Waals surface area (Å²) in [6, 6.07) is 15.7. The van der Waals surface area contributed by atoms with E-state index >= 15 is 0 Å². The number of hydrogen-bond acceptors (Lipinski definition) is 4. The van der Waals surface area contributed by atoms with Gasteiger partial charge in [-0.15, -0.1) is 9.60 Å². The van der Waals surface area contributed by atoms with E-state index in [1.165, 1.54) is 0 Å². The van der Waals surface area contributed by atoms with E-state index in [1.54, 1.807) is 0 Å². The lowest BCUT2D eigenvalue weighted by Crippen LogP contribution is -2.54. The molecule has 0 amide bonds. The molecule has 4 rings (SSSR count). The molecule has 0 radical (unpaired) electrons. The second-order valence-corrected chi connectivity index (χ2v) is 6.68. The van der Waals surface area contributed by atoms with Crippen LogP contribution in [0.15, 0.2) is 48.5 Å². The Morgan fingerprint density at radius 2 is 1.69 bits per heavy atom. The van der Waals surface area contributed by atoms with Crippen molar-refractivity contribution in [3.05, 3.63) is 59.7 Å². The van der Waals surface area contributed by atoms with Crippen LogP contribution in [0.4, 0.5) is 4.48 Å². The van der Waals surface area contributed by atoms with Crippen LogP contribution in [0.1, 0.15) is 29.9 Å². The number of benzene rings is 2. The number of esters is 1. The number of carboxylic acid groups (broad SMARTS) is 1. The predicted molar refractivity (Wildman–Crippen MR) is 92.1 cm³/mol. The zero-order valence-corrected chi connectivity index (χ0v) is 14.0. The minimum atomic E-state index is -2.22. The molecular weight excluding hydrogens is 337 g/mol. The van der Waals surface area contributed by atoms with Crippen molar-refractivity contribution in [3.63, 3.8) is 0 Å². The van der Waals surface area contributed by atoms with Gasteiger partial charge in [0, 0.05) is 12.5 Å². The van der Waals surface area contributed by atoms with Crippen molar-refractivity contribution in [2.45, 2.75) is 24.3 Å². The Bertz CT molecular complexity index is 838. The monoisotopic (exact) mass is 355 g/mol. The summed E-state index contributed by atoms with van der Waals surface area (Å²) in [6.07, 6.45) is 0.211. The third kappa shape index (κ3) is 2.33. The maximum Gasteiger partial charge on any atom is 0.340 e. The molecule has 1 heterocycles. The van der Waals surface area contributed by atoms with E-state index in [0.717, 1.165) is 22.3 Å². The molecule has 1 fully saturated rings. The number of ether oxygens (including phenoxy) is 1. The molecule has 1 saturated heterocycles. The SMILES string of the molecule is O=C(O)[C@]1(C(=O)OCC2c3ccccc3-c3ccccc32)CCCN1F. The van der Waals surface area contributed by atoms with Gasteiger partial charge < -0.3 is 9.84 Å². The quantitative estimate of drug-likeness (QED) is 0.518. The van der Waals surface area contributed by atoms with E-state index in [4.69, 9.17) is 4.74 Å². The summed E-state index contributed by atoms with van der Waals surface area (Å²) in [6.45, 7) is -0.105. The van der Waals surface area contributed by atoms with E-state index in [1.807, 2.05) is 48.5 Å². The molecule has 1 aliphatic carbocycles. The average molecular weight is 355 g/mol. The molecule has 6 heteroatoms. The smallest absolute Gasteiger partial charge is 0.340 e. The third-order valence-corrected chi connectivity index (χ3v) is 5.34. The molecule has 0 saturated carbocycles. The molecule has 2 aliphatic rings. The van der Waals surface area contributed by atoms with E-state index in [2.05, 4.69) is 0 Å². The number of rotatable bonds is 4. The lowest BCUT2D eigenvalue weighted by atomic mass is 9.96. The Kier molecular flexibility index (Phi) is 4.00. The van der Waals surface area contributed by atoms with Crippen molar-refractivity contribution in [3.8, 4) is 11.1 Å². The number of carbonyl (C=O) groups is 2. The van der Waals surface area contributed by atoms with Crippen molar-refractivity contribution < 1.29 is 23.9 Å². The Morgan fingerprint density at radius 1 is 1.12 bits per heavy atom. The first-order chi connectivity index (χ1) is 12.6. The normalized spacial score (nSPS) is 22.0. The molecular formula is C20H18FNO4. The highest BCUT2D eigenvalue weighted by Crippen LogP contribution is 2.44. The number of carbonyl (C=O) groups excluding carboxylic acids is 1. The Labute approximate surface area is 149 Å². The van der Waals surface area contributed by atoms with Gasteiger partial charge in [0.15, 0.2) is 0 Å². The van der Waals surface area contributed by atoms with Crippen LogP contribution in [0.25, 0.3) is 11.1 Å². The predicted octanol–water partition coefficient (Wildman–Crippen LogP) is 3.15. The summed E-state index contributed by atoms with van der Waals surface area (Å²) >= 11 is 0. The van der Waals surface area contributed by atoms with Crippen molar-refractivity contribution in [2.75, 3.05) is 13.2 Å². The van der Waals surface area contributed by atoms with Crippen LogP contribution in [0.3, 0.4) is 0 Å². The summed E-state index contributed by atoms with van der Waals surface area (Å²) in [5, 5.41) is 9.52. The third-order valence-electron chi connectivity index (χ3n) is 5.34. The average Bonchev–Trinajstić information content (AvgIpc) is 3.19. The molecule has 0 spiro atoms. The molecule has 26 heavy (non-hydrogen) atoms. The maximum atomic E-state index is 14.1. The first kappa shape index (κ1) is 16.7. The molecule has 0 unspecified atom stereocenters. The van der Waals surface area contributed by atoms with Gasteiger partial charge in [-0.3, -0.25) is 0 Å². The molecule has 134 valence electrons. The van der Waals surface area contributed by atoms with E-state index < -0.39 is 17.5 Å². The number of aliphatic carboxylic acids is 1. The first-order valence-corrected chi connectivity index (χ1v) is 8.58. The van der Waals surface area contributed by atoms with Crippen LogP contribution >= 0.6 is 0 Å². The van der Waals surface area contributed by atoms with Gasteiger partial charge in [-0.05, 0) is 35.1 Å². The molecule has 1 aliphatic heterocycles. The lowest BCUT2D eigenvalue weighted by molar-refractivity contribution is -0.182. The topological polar surface area (TPSA) is 66.8 Å². The molecule has 0 aromatic heterocycles. The first-order valence-electron chi connectivity index (χ1n) is 8.58. The fourth-order valence-corrected chi connectivity index (χ4v) is 4.00. The van der Waals surface area contributed by atoms with Gasteiger partial charge in [0.2, 0.25) is 5.54 Å². The molecule has 2 aromatic rings. The fourth-order valence-electron chi connectivity index (χ4n) is 4.00. The minimum absolute atomic E-state index is 0.0181. The van der Waals surface area contributed by atoms with E-state index in [9.17, 15) is 19.2 Å². The fraction of sp³-hybridized carbons (Fsp3) is 0.300. The largest absolute Gasteiger partial charge is 0.479 e. The van der Waals surface area contributed by atoms with Crippen LogP contribution in [-0.4, -0.2) is 40.9 Å². The number of nitrogens with zero attached hydrogens (tertiary/aromatic N) is 1.